The first-order chi connectivity index (χ1) is 12.5. The van der Waals surface area contributed by atoms with Crippen LogP contribution >= 0.6 is 11.6 Å². The molecule has 0 atom stereocenters. The zero-order valence-electron chi connectivity index (χ0n) is 13.8. The molecule has 0 saturated heterocycles. The Labute approximate surface area is 157 Å². The largest absolute Gasteiger partial charge is 0.492 e. The van der Waals surface area contributed by atoms with Crippen LogP contribution in [0.2, 0.25) is 5.02 Å². The number of sulfonamides is 1. The molecule has 134 valence electrons. The van der Waals surface area contributed by atoms with E-state index in [1.807, 2.05) is 24.3 Å². The fourth-order valence-electron chi connectivity index (χ4n) is 3.01. The van der Waals surface area contributed by atoms with Crippen molar-refractivity contribution in [3.63, 3.8) is 0 Å². The second-order valence-electron chi connectivity index (χ2n) is 6.04. The SMILES string of the molecule is O=S(=O)(Nc1ccc(Cl)c2ccccc12)c1ccc2c(c1)CNCCO2. The van der Waals surface area contributed by atoms with Gasteiger partial charge in [-0.05, 0) is 30.3 Å². The summed E-state index contributed by atoms with van der Waals surface area (Å²) in [5.41, 5.74) is 1.32. The molecular formula is C19H17ClN2O3S. The average molecular weight is 389 g/mol. The highest BCUT2D eigenvalue weighted by molar-refractivity contribution is 7.92. The summed E-state index contributed by atoms with van der Waals surface area (Å²) in [6.07, 6.45) is 0. The number of hydrogen-bond acceptors (Lipinski definition) is 4. The maximum Gasteiger partial charge on any atom is 0.261 e. The molecule has 1 aliphatic rings. The van der Waals surface area contributed by atoms with E-state index in [4.69, 9.17) is 16.3 Å². The predicted octanol–water partition coefficient (Wildman–Crippen LogP) is 3.78. The lowest BCUT2D eigenvalue weighted by atomic mass is 10.1. The Morgan fingerprint density at radius 3 is 2.69 bits per heavy atom. The van der Waals surface area contributed by atoms with Crippen LogP contribution in [0.5, 0.6) is 5.75 Å². The van der Waals surface area contributed by atoms with E-state index in [9.17, 15) is 8.42 Å². The smallest absolute Gasteiger partial charge is 0.261 e. The van der Waals surface area contributed by atoms with Gasteiger partial charge in [-0.3, -0.25) is 4.72 Å². The molecule has 1 aliphatic heterocycles. The highest BCUT2D eigenvalue weighted by Gasteiger charge is 2.19. The maximum atomic E-state index is 12.9. The van der Waals surface area contributed by atoms with Crippen LogP contribution in [0.25, 0.3) is 10.8 Å². The van der Waals surface area contributed by atoms with Gasteiger partial charge < -0.3 is 10.1 Å². The molecule has 7 heteroatoms. The lowest BCUT2D eigenvalue weighted by Gasteiger charge is -2.13. The minimum absolute atomic E-state index is 0.197. The Balaban J connectivity index is 1.73. The number of rotatable bonds is 3. The van der Waals surface area contributed by atoms with Crippen molar-refractivity contribution < 1.29 is 13.2 Å². The maximum absolute atomic E-state index is 12.9. The summed E-state index contributed by atoms with van der Waals surface area (Å²) < 4.78 is 34.1. The van der Waals surface area contributed by atoms with Gasteiger partial charge in [-0.25, -0.2) is 8.42 Å². The quantitative estimate of drug-likeness (QED) is 0.716. The Bertz CT molecular complexity index is 1080. The van der Waals surface area contributed by atoms with E-state index in [0.717, 1.165) is 22.9 Å². The molecule has 0 saturated carbocycles. The number of hydrogen-bond donors (Lipinski definition) is 2. The second kappa shape index (κ2) is 6.79. The minimum Gasteiger partial charge on any atom is -0.492 e. The van der Waals surface area contributed by atoms with Gasteiger partial charge in [-0.2, -0.15) is 0 Å². The molecule has 4 rings (SSSR count). The lowest BCUT2D eigenvalue weighted by molar-refractivity contribution is 0.325. The van der Waals surface area contributed by atoms with E-state index in [-0.39, 0.29) is 4.90 Å². The first kappa shape index (κ1) is 17.1. The molecule has 3 aromatic carbocycles. The van der Waals surface area contributed by atoms with Gasteiger partial charge in [0.25, 0.3) is 10.0 Å². The Morgan fingerprint density at radius 1 is 1.04 bits per heavy atom. The molecule has 0 unspecified atom stereocenters. The third-order valence-corrected chi connectivity index (χ3v) is 6.00. The Hall–Kier alpha value is -2.28. The first-order valence-electron chi connectivity index (χ1n) is 8.21. The van der Waals surface area contributed by atoms with Crippen molar-refractivity contribution in [3.8, 4) is 5.75 Å². The molecular weight excluding hydrogens is 372 g/mol. The van der Waals surface area contributed by atoms with Crippen LogP contribution in [-0.4, -0.2) is 21.6 Å². The van der Waals surface area contributed by atoms with Crippen molar-refractivity contribution >= 4 is 38.1 Å². The fraction of sp³-hybridized carbons (Fsp3) is 0.158. The van der Waals surface area contributed by atoms with Crippen LogP contribution in [0.3, 0.4) is 0 Å². The van der Waals surface area contributed by atoms with Crippen molar-refractivity contribution in [1.29, 1.82) is 0 Å². The third-order valence-electron chi connectivity index (χ3n) is 4.31. The summed E-state index contributed by atoms with van der Waals surface area (Å²) in [6.45, 7) is 1.86. The van der Waals surface area contributed by atoms with Gasteiger partial charge >= 0.3 is 0 Å². The molecule has 26 heavy (non-hydrogen) atoms. The van der Waals surface area contributed by atoms with Gasteiger partial charge in [0.2, 0.25) is 0 Å². The van der Waals surface area contributed by atoms with E-state index in [0.29, 0.717) is 29.6 Å². The lowest BCUT2D eigenvalue weighted by Crippen LogP contribution is -2.16. The molecule has 3 aromatic rings. The summed E-state index contributed by atoms with van der Waals surface area (Å²) in [7, 11) is -3.74. The molecule has 0 amide bonds. The predicted molar refractivity (Wildman–Crippen MR) is 103 cm³/mol. The molecule has 1 heterocycles. The van der Waals surface area contributed by atoms with E-state index >= 15 is 0 Å². The monoisotopic (exact) mass is 388 g/mol. The van der Waals surface area contributed by atoms with Gasteiger partial charge in [0.15, 0.2) is 0 Å². The number of fused-ring (bicyclic) bond motifs is 2. The van der Waals surface area contributed by atoms with Crippen LogP contribution in [0.4, 0.5) is 5.69 Å². The van der Waals surface area contributed by atoms with Crippen LogP contribution < -0.4 is 14.8 Å². The zero-order chi connectivity index (χ0) is 18.1. The Morgan fingerprint density at radius 2 is 1.85 bits per heavy atom. The number of halogens is 1. The number of nitrogens with one attached hydrogen (secondary N) is 2. The van der Waals surface area contributed by atoms with E-state index in [1.54, 1.807) is 30.3 Å². The average Bonchev–Trinajstić information content (AvgIpc) is 2.89. The van der Waals surface area contributed by atoms with Crippen molar-refractivity contribution in [1.82, 2.24) is 5.32 Å². The molecule has 0 aromatic heterocycles. The van der Waals surface area contributed by atoms with Gasteiger partial charge in [0, 0.05) is 34.4 Å². The summed E-state index contributed by atoms with van der Waals surface area (Å²) in [4.78, 5) is 0.197. The Kier molecular flexibility index (Phi) is 4.48. The second-order valence-corrected chi connectivity index (χ2v) is 8.13. The van der Waals surface area contributed by atoms with Crippen LogP contribution in [0, 0.1) is 0 Å². The van der Waals surface area contributed by atoms with E-state index < -0.39 is 10.0 Å². The molecule has 0 radical (unpaired) electrons. The van der Waals surface area contributed by atoms with Gasteiger partial charge in [0.05, 0.1) is 10.6 Å². The number of benzene rings is 3. The van der Waals surface area contributed by atoms with Crippen molar-refractivity contribution in [2.45, 2.75) is 11.4 Å². The summed E-state index contributed by atoms with van der Waals surface area (Å²) >= 11 is 6.21. The topological polar surface area (TPSA) is 67.4 Å². The minimum atomic E-state index is -3.74. The van der Waals surface area contributed by atoms with Crippen molar-refractivity contribution in [2.24, 2.45) is 0 Å². The summed E-state index contributed by atoms with van der Waals surface area (Å²) in [5, 5.41) is 5.34. The standard InChI is InChI=1S/C19H17ClN2O3S/c20-17-6-7-18(16-4-2-1-3-15(16)17)22-26(23,24)14-5-8-19-13(11-14)12-21-9-10-25-19/h1-8,11,21-22H,9-10,12H2. The highest BCUT2D eigenvalue weighted by atomic mass is 35.5. The van der Waals surface area contributed by atoms with Gasteiger partial charge in [0.1, 0.15) is 12.4 Å². The number of ether oxygens (including phenoxy) is 1. The van der Waals surface area contributed by atoms with Crippen LogP contribution in [0.15, 0.2) is 59.5 Å². The zero-order valence-corrected chi connectivity index (χ0v) is 15.4. The van der Waals surface area contributed by atoms with Crippen LogP contribution in [-0.2, 0) is 16.6 Å². The molecule has 0 aliphatic carbocycles. The van der Waals surface area contributed by atoms with E-state index in [1.165, 1.54) is 0 Å². The molecule has 5 nitrogen and oxygen atoms in total. The fourth-order valence-corrected chi connectivity index (χ4v) is 4.37. The molecule has 2 N–H and O–H groups in total. The molecule has 0 fully saturated rings. The summed E-state index contributed by atoms with van der Waals surface area (Å²) in [5.74, 6) is 0.714. The third kappa shape index (κ3) is 3.23. The van der Waals surface area contributed by atoms with Crippen molar-refractivity contribution in [2.75, 3.05) is 17.9 Å². The normalized spacial score (nSPS) is 14.3. The highest BCUT2D eigenvalue weighted by Crippen LogP contribution is 2.32. The first-order valence-corrected chi connectivity index (χ1v) is 10.1. The molecule has 0 bridgehead atoms. The van der Waals surface area contributed by atoms with Crippen molar-refractivity contribution in [3.05, 3.63) is 65.2 Å². The van der Waals surface area contributed by atoms with Gasteiger partial charge in [-0.15, -0.1) is 0 Å². The number of anilines is 1. The van der Waals surface area contributed by atoms with Crippen LogP contribution in [0.1, 0.15) is 5.56 Å². The molecule has 0 spiro atoms. The van der Waals surface area contributed by atoms with E-state index in [2.05, 4.69) is 10.0 Å². The summed E-state index contributed by atoms with van der Waals surface area (Å²) in [6, 6.07) is 15.7. The van der Waals surface area contributed by atoms with Gasteiger partial charge in [-0.1, -0.05) is 35.9 Å².